The summed E-state index contributed by atoms with van der Waals surface area (Å²) in [5, 5.41) is 7.97. The maximum atomic E-state index is 6.28. The SMILES string of the molecule is CNc1ccc(Cl)cc1P(c1ccccc1)c1ccccc1. The largest absolute Gasteiger partial charge is 0.388 e. The lowest BCUT2D eigenvalue weighted by molar-refractivity contribution is 1.54. The van der Waals surface area contributed by atoms with Crippen molar-refractivity contribution >= 4 is 41.1 Å². The molecule has 0 heterocycles. The van der Waals surface area contributed by atoms with Gasteiger partial charge in [0.2, 0.25) is 0 Å². The molecule has 0 radical (unpaired) electrons. The fourth-order valence-electron chi connectivity index (χ4n) is 2.48. The zero-order valence-corrected chi connectivity index (χ0v) is 14.0. The van der Waals surface area contributed by atoms with Gasteiger partial charge in [0.15, 0.2) is 0 Å². The van der Waals surface area contributed by atoms with E-state index in [0.29, 0.717) is 0 Å². The van der Waals surface area contributed by atoms with Crippen LogP contribution in [0.25, 0.3) is 0 Å². The topological polar surface area (TPSA) is 12.0 Å². The molecule has 3 rings (SSSR count). The quantitative estimate of drug-likeness (QED) is 0.711. The monoisotopic (exact) mass is 325 g/mol. The van der Waals surface area contributed by atoms with Crippen molar-refractivity contribution in [2.75, 3.05) is 12.4 Å². The first-order chi connectivity index (χ1) is 10.8. The molecule has 3 aromatic rings. The molecule has 110 valence electrons. The molecule has 0 aliphatic carbocycles. The first kappa shape index (κ1) is 15.1. The van der Waals surface area contributed by atoms with Gasteiger partial charge in [0.05, 0.1) is 0 Å². The molecule has 3 aromatic carbocycles. The van der Waals surface area contributed by atoms with Crippen molar-refractivity contribution in [2.24, 2.45) is 0 Å². The van der Waals surface area contributed by atoms with Crippen molar-refractivity contribution in [3.8, 4) is 0 Å². The van der Waals surface area contributed by atoms with E-state index in [-0.39, 0.29) is 0 Å². The molecule has 0 saturated heterocycles. The second kappa shape index (κ2) is 6.96. The summed E-state index contributed by atoms with van der Waals surface area (Å²) in [5.41, 5.74) is 1.13. The van der Waals surface area contributed by atoms with Gasteiger partial charge in [0.1, 0.15) is 0 Å². The summed E-state index contributed by atoms with van der Waals surface area (Å²) in [6.45, 7) is 0. The number of halogens is 1. The van der Waals surface area contributed by atoms with Crippen molar-refractivity contribution in [3.05, 3.63) is 83.9 Å². The van der Waals surface area contributed by atoms with Crippen LogP contribution in [0.2, 0.25) is 5.02 Å². The summed E-state index contributed by atoms with van der Waals surface area (Å²) >= 11 is 6.28. The van der Waals surface area contributed by atoms with Gasteiger partial charge in [0.25, 0.3) is 0 Å². The van der Waals surface area contributed by atoms with Gasteiger partial charge in [-0.1, -0.05) is 72.3 Å². The molecular weight excluding hydrogens is 309 g/mol. The third kappa shape index (κ3) is 3.16. The average Bonchev–Trinajstić information content (AvgIpc) is 2.57. The van der Waals surface area contributed by atoms with E-state index >= 15 is 0 Å². The lowest BCUT2D eigenvalue weighted by Crippen LogP contribution is -2.22. The average molecular weight is 326 g/mol. The van der Waals surface area contributed by atoms with E-state index in [0.717, 1.165) is 10.7 Å². The summed E-state index contributed by atoms with van der Waals surface area (Å²) in [6.07, 6.45) is 0. The first-order valence-corrected chi connectivity index (χ1v) is 8.89. The van der Waals surface area contributed by atoms with Gasteiger partial charge in [0, 0.05) is 23.1 Å². The summed E-state index contributed by atoms with van der Waals surface area (Å²) in [6, 6.07) is 27.3. The maximum Gasteiger partial charge on any atom is 0.0423 e. The molecule has 1 nitrogen and oxygen atoms in total. The van der Waals surface area contributed by atoms with Gasteiger partial charge in [-0.25, -0.2) is 0 Å². The van der Waals surface area contributed by atoms with Gasteiger partial charge in [-0.15, -0.1) is 0 Å². The predicted molar refractivity (Wildman–Crippen MR) is 99.7 cm³/mol. The van der Waals surface area contributed by atoms with Crippen LogP contribution < -0.4 is 21.2 Å². The number of benzene rings is 3. The molecule has 0 aliphatic rings. The highest BCUT2D eigenvalue weighted by molar-refractivity contribution is 7.80. The third-order valence-corrected chi connectivity index (χ3v) is 6.21. The Morgan fingerprint density at radius 2 is 1.32 bits per heavy atom. The van der Waals surface area contributed by atoms with Gasteiger partial charge in [-0.05, 0) is 36.7 Å². The third-order valence-electron chi connectivity index (χ3n) is 3.50. The van der Waals surface area contributed by atoms with Crippen LogP contribution in [0.15, 0.2) is 78.9 Å². The Bertz CT molecular complexity index is 704. The molecule has 0 aromatic heterocycles. The molecular formula is C19H17ClNP. The minimum absolute atomic E-state index is 0.636. The minimum atomic E-state index is -0.636. The Morgan fingerprint density at radius 1 is 0.773 bits per heavy atom. The number of rotatable bonds is 4. The van der Waals surface area contributed by atoms with Crippen LogP contribution in [0.1, 0.15) is 0 Å². The van der Waals surface area contributed by atoms with Crippen LogP contribution in [-0.2, 0) is 0 Å². The molecule has 0 bridgehead atoms. The molecule has 0 fully saturated rings. The van der Waals surface area contributed by atoms with Gasteiger partial charge in [-0.3, -0.25) is 0 Å². The van der Waals surface area contributed by atoms with Crippen LogP contribution >= 0.6 is 19.5 Å². The van der Waals surface area contributed by atoms with E-state index in [1.54, 1.807) is 0 Å². The number of anilines is 1. The van der Waals surface area contributed by atoms with Crippen LogP contribution in [-0.4, -0.2) is 7.05 Å². The molecule has 0 amide bonds. The van der Waals surface area contributed by atoms with E-state index in [2.05, 4.69) is 78.1 Å². The fourth-order valence-corrected chi connectivity index (χ4v) is 5.22. The highest BCUT2D eigenvalue weighted by atomic mass is 35.5. The molecule has 0 saturated carbocycles. The van der Waals surface area contributed by atoms with E-state index in [1.807, 2.05) is 13.1 Å². The zero-order valence-electron chi connectivity index (χ0n) is 12.3. The van der Waals surface area contributed by atoms with Gasteiger partial charge < -0.3 is 5.32 Å². The van der Waals surface area contributed by atoms with Gasteiger partial charge >= 0.3 is 0 Å². The second-order valence-corrected chi connectivity index (χ2v) is 7.54. The number of nitrogens with one attached hydrogen (secondary N) is 1. The number of hydrogen-bond donors (Lipinski definition) is 1. The molecule has 0 aliphatic heterocycles. The summed E-state index contributed by atoms with van der Waals surface area (Å²) in [7, 11) is 1.32. The molecule has 22 heavy (non-hydrogen) atoms. The summed E-state index contributed by atoms with van der Waals surface area (Å²) in [4.78, 5) is 0. The van der Waals surface area contributed by atoms with E-state index in [4.69, 9.17) is 11.6 Å². The summed E-state index contributed by atoms with van der Waals surface area (Å²) in [5.74, 6) is 0. The first-order valence-electron chi connectivity index (χ1n) is 7.17. The predicted octanol–water partition coefficient (Wildman–Crippen LogP) is 4.14. The Hall–Kier alpha value is -1.82. The zero-order chi connectivity index (χ0) is 15.4. The van der Waals surface area contributed by atoms with Crippen LogP contribution in [0, 0.1) is 0 Å². The highest BCUT2D eigenvalue weighted by Gasteiger charge is 2.19. The lowest BCUT2D eigenvalue weighted by Gasteiger charge is -2.22. The van der Waals surface area contributed by atoms with Crippen molar-refractivity contribution in [2.45, 2.75) is 0 Å². The molecule has 0 unspecified atom stereocenters. The summed E-state index contributed by atoms with van der Waals surface area (Å²) < 4.78 is 0. The van der Waals surface area contributed by atoms with Crippen molar-refractivity contribution < 1.29 is 0 Å². The Balaban J connectivity index is 2.21. The van der Waals surface area contributed by atoms with Crippen molar-refractivity contribution in [1.29, 1.82) is 0 Å². The molecule has 0 spiro atoms. The van der Waals surface area contributed by atoms with Crippen LogP contribution in [0.5, 0.6) is 0 Å². The van der Waals surface area contributed by atoms with E-state index in [1.165, 1.54) is 15.9 Å². The highest BCUT2D eigenvalue weighted by Crippen LogP contribution is 2.36. The van der Waals surface area contributed by atoms with Crippen molar-refractivity contribution in [1.82, 2.24) is 0 Å². The lowest BCUT2D eigenvalue weighted by atomic mass is 10.3. The van der Waals surface area contributed by atoms with E-state index < -0.39 is 7.92 Å². The Labute approximate surface area is 137 Å². The van der Waals surface area contributed by atoms with Crippen LogP contribution in [0.4, 0.5) is 5.69 Å². The minimum Gasteiger partial charge on any atom is -0.388 e. The van der Waals surface area contributed by atoms with Crippen molar-refractivity contribution in [3.63, 3.8) is 0 Å². The number of hydrogen-bond acceptors (Lipinski definition) is 1. The van der Waals surface area contributed by atoms with E-state index in [9.17, 15) is 0 Å². The maximum absolute atomic E-state index is 6.28. The van der Waals surface area contributed by atoms with Crippen LogP contribution in [0.3, 0.4) is 0 Å². The Morgan fingerprint density at radius 3 is 1.82 bits per heavy atom. The fraction of sp³-hybridized carbons (Fsp3) is 0.0526. The van der Waals surface area contributed by atoms with Gasteiger partial charge in [-0.2, -0.15) is 0 Å². The smallest absolute Gasteiger partial charge is 0.0423 e. The molecule has 0 atom stereocenters. The standard InChI is InChI=1S/C19H17ClNP/c1-21-18-13-12-15(20)14-19(18)22(16-8-4-2-5-9-16)17-10-6-3-7-11-17/h2-14,21H,1H3. The normalized spacial score (nSPS) is 10.7. The second-order valence-electron chi connectivity index (χ2n) is 4.92. The molecule has 1 N–H and O–H groups in total. The Kier molecular flexibility index (Phi) is 4.77. The molecule has 3 heteroatoms.